The molecule has 108 valence electrons. The van der Waals surface area contributed by atoms with Crippen molar-refractivity contribution < 1.29 is 9.90 Å². The molecule has 7 heteroatoms. The van der Waals surface area contributed by atoms with Crippen molar-refractivity contribution in [2.24, 2.45) is 0 Å². The molecule has 0 aliphatic heterocycles. The average molecular weight is 293 g/mol. The predicted octanol–water partition coefficient (Wildman–Crippen LogP) is 2.38. The highest BCUT2D eigenvalue weighted by Gasteiger charge is 2.05. The van der Waals surface area contributed by atoms with Gasteiger partial charge in [0, 0.05) is 18.1 Å². The van der Waals surface area contributed by atoms with Gasteiger partial charge in [-0.3, -0.25) is 0 Å². The van der Waals surface area contributed by atoms with Crippen molar-refractivity contribution >= 4 is 17.5 Å². The van der Waals surface area contributed by atoms with Crippen LogP contribution >= 0.6 is 0 Å². The zero-order valence-electron chi connectivity index (χ0n) is 11.3. The normalized spacial score (nSPS) is 10.2. The zero-order valence-corrected chi connectivity index (χ0v) is 11.3. The molecule has 0 unspecified atom stereocenters. The average Bonchev–Trinajstić information content (AvgIpc) is 2.56. The smallest absolute Gasteiger partial charge is 0.335 e. The van der Waals surface area contributed by atoms with E-state index in [2.05, 4.69) is 25.5 Å². The Hall–Kier alpha value is -3.35. The molecule has 0 bridgehead atoms. The van der Waals surface area contributed by atoms with Gasteiger partial charge < -0.3 is 10.4 Å². The van der Waals surface area contributed by atoms with Gasteiger partial charge in [-0.05, 0) is 36.4 Å². The second-order valence-electron chi connectivity index (χ2n) is 4.39. The maximum atomic E-state index is 10.9. The number of aromatic carboxylic acids is 1. The fraction of sp³-hybridized carbons (Fsp3) is 0. The molecule has 2 heterocycles. The van der Waals surface area contributed by atoms with Gasteiger partial charge in [0.1, 0.15) is 5.69 Å². The summed E-state index contributed by atoms with van der Waals surface area (Å²) >= 11 is 0. The predicted molar refractivity (Wildman–Crippen MR) is 79.7 cm³/mol. The molecule has 2 N–H and O–H groups in total. The van der Waals surface area contributed by atoms with Crippen LogP contribution in [-0.2, 0) is 0 Å². The Labute approximate surface area is 125 Å². The number of carboxylic acid groups (broad SMARTS) is 1. The van der Waals surface area contributed by atoms with Crippen molar-refractivity contribution in [1.29, 1.82) is 0 Å². The van der Waals surface area contributed by atoms with Gasteiger partial charge in [-0.2, -0.15) is 0 Å². The summed E-state index contributed by atoms with van der Waals surface area (Å²) in [7, 11) is 0. The summed E-state index contributed by atoms with van der Waals surface area (Å²) in [5.41, 5.74) is 1.38. The Morgan fingerprint density at radius 2 is 1.82 bits per heavy atom. The first-order chi connectivity index (χ1) is 10.7. The van der Waals surface area contributed by atoms with Crippen LogP contribution < -0.4 is 5.32 Å². The van der Waals surface area contributed by atoms with Crippen LogP contribution in [0, 0.1) is 0 Å². The molecule has 0 atom stereocenters. The molecule has 0 saturated carbocycles. The monoisotopic (exact) mass is 293 g/mol. The molecule has 0 fully saturated rings. The van der Waals surface area contributed by atoms with Crippen LogP contribution in [0.5, 0.6) is 0 Å². The van der Waals surface area contributed by atoms with Crippen molar-refractivity contribution in [2.45, 2.75) is 0 Å². The fourth-order valence-corrected chi connectivity index (χ4v) is 1.83. The van der Waals surface area contributed by atoms with E-state index in [1.807, 2.05) is 0 Å². The lowest BCUT2D eigenvalue weighted by Crippen LogP contribution is -2.00. The minimum Gasteiger partial charge on any atom is -0.478 e. The van der Waals surface area contributed by atoms with Crippen molar-refractivity contribution in [3.05, 3.63) is 60.4 Å². The first kappa shape index (κ1) is 13.6. The first-order valence-electron chi connectivity index (χ1n) is 6.44. The minimum atomic E-state index is -0.980. The van der Waals surface area contributed by atoms with Crippen molar-refractivity contribution in [2.75, 3.05) is 5.32 Å². The number of benzene rings is 1. The number of carbonyl (C=O) groups is 1. The van der Waals surface area contributed by atoms with Crippen LogP contribution in [0.3, 0.4) is 0 Å². The molecule has 0 aliphatic rings. The summed E-state index contributed by atoms with van der Waals surface area (Å²) in [5.74, 6) is 0.0166. The maximum absolute atomic E-state index is 10.9. The molecule has 22 heavy (non-hydrogen) atoms. The van der Waals surface area contributed by atoms with Crippen LogP contribution in [0.1, 0.15) is 10.4 Å². The standard InChI is InChI=1S/C15H11N5O2/c21-15(22)10-3-1-4-11(9-10)18-13-6-5-12(19-20-13)14-16-7-2-8-17-14/h1-9H,(H,18,20)(H,21,22). The third kappa shape index (κ3) is 3.04. The topological polar surface area (TPSA) is 101 Å². The maximum Gasteiger partial charge on any atom is 0.335 e. The third-order valence-corrected chi connectivity index (χ3v) is 2.84. The molecular weight excluding hydrogens is 282 g/mol. The summed E-state index contributed by atoms with van der Waals surface area (Å²) < 4.78 is 0. The molecule has 0 aliphatic carbocycles. The second kappa shape index (κ2) is 5.96. The largest absolute Gasteiger partial charge is 0.478 e. The van der Waals surface area contributed by atoms with Crippen LogP contribution in [0.2, 0.25) is 0 Å². The number of anilines is 2. The van der Waals surface area contributed by atoms with E-state index in [1.54, 1.807) is 42.7 Å². The first-order valence-corrected chi connectivity index (χ1v) is 6.44. The number of rotatable bonds is 4. The van der Waals surface area contributed by atoms with Crippen molar-refractivity contribution in [3.63, 3.8) is 0 Å². The summed E-state index contributed by atoms with van der Waals surface area (Å²) in [6, 6.07) is 11.7. The number of nitrogens with zero attached hydrogens (tertiary/aromatic N) is 4. The van der Waals surface area contributed by atoms with Gasteiger partial charge >= 0.3 is 5.97 Å². The molecule has 7 nitrogen and oxygen atoms in total. The van der Waals surface area contributed by atoms with E-state index in [9.17, 15) is 4.79 Å². The highest BCUT2D eigenvalue weighted by atomic mass is 16.4. The third-order valence-electron chi connectivity index (χ3n) is 2.84. The van der Waals surface area contributed by atoms with Gasteiger partial charge in [-0.1, -0.05) is 6.07 Å². The van der Waals surface area contributed by atoms with Gasteiger partial charge in [0.15, 0.2) is 11.6 Å². The Morgan fingerprint density at radius 3 is 2.50 bits per heavy atom. The lowest BCUT2D eigenvalue weighted by atomic mass is 10.2. The van der Waals surface area contributed by atoms with Gasteiger partial charge in [-0.25, -0.2) is 14.8 Å². The highest BCUT2D eigenvalue weighted by Crippen LogP contribution is 2.17. The van der Waals surface area contributed by atoms with E-state index in [0.717, 1.165) is 0 Å². The molecule has 2 aromatic heterocycles. The van der Waals surface area contributed by atoms with Crippen LogP contribution in [0.15, 0.2) is 54.9 Å². The van der Waals surface area contributed by atoms with Crippen LogP contribution in [-0.4, -0.2) is 31.2 Å². The van der Waals surface area contributed by atoms with Gasteiger partial charge in [0.2, 0.25) is 0 Å². The van der Waals surface area contributed by atoms with E-state index in [4.69, 9.17) is 5.11 Å². The van der Waals surface area contributed by atoms with Gasteiger partial charge in [-0.15, -0.1) is 10.2 Å². The number of hydrogen-bond acceptors (Lipinski definition) is 6. The molecule has 1 aromatic carbocycles. The van der Waals surface area contributed by atoms with E-state index in [0.29, 0.717) is 23.0 Å². The van der Waals surface area contributed by atoms with Crippen molar-refractivity contribution in [3.8, 4) is 11.5 Å². The van der Waals surface area contributed by atoms with E-state index in [1.165, 1.54) is 12.1 Å². The lowest BCUT2D eigenvalue weighted by Gasteiger charge is -2.06. The Bertz CT molecular complexity index is 791. The molecule has 0 radical (unpaired) electrons. The minimum absolute atomic E-state index is 0.201. The van der Waals surface area contributed by atoms with E-state index in [-0.39, 0.29) is 5.56 Å². The van der Waals surface area contributed by atoms with Crippen molar-refractivity contribution in [1.82, 2.24) is 20.2 Å². The summed E-state index contributed by atoms with van der Waals surface area (Å²) in [5, 5.41) is 20.1. The molecule has 0 saturated heterocycles. The Morgan fingerprint density at radius 1 is 1.00 bits per heavy atom. The summed E-state index contributed by atoms with van der Waals surface area (Å²) in [4.78, 5) is 19.1. The van der Waals surface area contributed by atoms with Gasteiger partial charge in [0.05, 0.1) is 5.56 Å². The molecule has 0 spiro atoms. The number of aromatic nitrogens is 4. The number of nitrogens with one attached hydrogen (secondary N) is 1. The SMILES string of the molecule is O=C(O)c1cccc(Nc2ccc(-c3ncccn3)nn2)c1. The van der Waals surface area contributed by atoms with E-state index >= 15 is 0 Å². The van der Waals surface area contributed by atoms with Crippen LogP contribution in [0.4, 0.5) is 11.5 Å². The Balaban J connectivity index is 1.79. The quantitative estimate of drug-likeness (QED) is 0.761. The number of hydrogen-bond donors (Lipinski definition) is 2. The van der Waals surface area contributed by atoms with Crippen LogP contribution in [0.25, 0.3) is 11.5 Å². The van der Waals surface area contributed by atoms with Gasteiger partial charge in [0.25, 0.3) is 0 Å². The summed E-state index contributed by atoms with van der Waals surface area (Å²) in [6.07, 6.45) is 3.27. The highest BCUT2D eigenvalue weighted by molar-refractivity contribution is 5.89. The Kier molecular flexibility index (Phi) is 3.69. The molecular formula is C15H11N5O2. The number of carboxylic acids is 1. The molecule has 0 amide bonds. The van der Waals surface area contributed by atoms with E-state index < -0.39 is 5.97 Å². The molecule has 3 rings (SSSR count). The summed E-state index contributed by atoms with van der Waals surface area (Å²) in [6.45, 7) is 0. The molecule has 3 aromatic rings. The lowest BCUT2D eigenvalue weighted by molar-refractivity contribution is 0.0697. The second-order valence-corrected chi connectivity index (χ2v) is 4.39. The fourth-order valence-electron chi connectivity index (χ4n) is 1.83. The zero-order chi connectivity index (χ0) is 15.4.